The molecule has 21 heavy (non-hydrogen) atoms. The molecule has 0 aliphatic carbocycles. The number of fused-ring (bicyclic) bond motifs is 1. The topological polar surface area (TPSA) is 63.4 Å². The van der Waals surface area contributed by atoms with Gasteiger partial charge in [-0.3, -0.25) is 0 Å². The smallest absolute Gasteiger partial charge is 0.220 e. The number of hydrogen-bond donors (Lipinski definition) is 0. The summed E-state index contributed by atoms with van der Waals surface area (Å²) in [5.41, 5.74) is -0.537. The average molecular weight is 312 g/mol. The molecule has 5 nitrogen and oxygen atoms in total. The van der Waals surface area contributed by atoms with Crippen LogP contribution in [0.1, 0.15) is 25.5 Å². The summed E-state index contributed by atoms with van der Waals surface area (Å²) in [5, 5.41) is 4.52. The summed E-state index contributed by atoms with van der Waals surface area (Å²) in [5.74, 6) is -0.264. The van der Waals surface area contributed by atoms with Crippen LogP contribution in [0.25, 0.3) is 11.0 Å². The van der Waals surface area contributed by atoms with Crippen molar-refractivity contribution in [3.8, 4) is 0 Å². The van der Waals surface area contributed by atoms with E-state index in [1.807, 2.05) is 0 Å². The highest BCUT2D eigenvalue weighted by Crippen LogP contribution is 2.28. The maximum atomic E-state index is 14.0. The van der Waals surface area contributed by atoms with Crippen LogP contribution in [0.2, 0.25) is 0 Å². The summed E-state index contributed by atoms with van der Waals surface area (Å²) in [6, 6.07) is 7.10. The molecule has 114 valence electrons. The van der Waals surface area contributed by atoms with Gasteiger partial charge >= 0.3 is 0 Å². The van der Waals surface area contributed by atoms with Crippen LogP contribution in [0.3, 0.4) is 0 Å². The molecule has 1 unspecified atom stereocenters. The van der Waals surface area contributed by atoms with Crippen LogP contribution in [0.5, 0.6) is 0 Å². The minimum atomic E-state index is -3.60. The SMILES string of the molecule is CC1(F)CCCN(S(=O)(=O)Cc2noc3ccccc23)C1. The van der Waals surface area contributed by atoms with Gasteiger partial charge in [0.2, 0.25) is 10.0 Å². The fourth-order valence-electron chi connectivity index (χ4n) is 2.69. The molecule has 0 N–H and O–H groups in total. The van der Waals surface area contributed by atoms with Gasteiger partial charge in [0.25, 0.3) is 0 Å². The number of nitrogens with zero attached hydrogens (tertiary/aromatic N) is 2. The van der Waals surface area contributed by atoms with Crippen molar-refractivity contribution in [3.05, 3.63) is 30.0 Å². The summed E-state index contributed by atoms with van der Waals surface area (Å²) >= 11 is 0. The van der Waals surface area contributed by atoms with E-state index in [1.165, 1.54) is 11.2 Å². The first-order chi connectivity index (χ1) is 9.87. The van der Waals surface area contributed by atoms with E-state index < -0.39 is 15.7 Å². The molecule has 2 heterocycles. The van der Waals surface area contributed by atoms with Crippen molar-refractivity contribution in [2.75, 3.05) is 13.1 Å². The number of para-hydroxylation sites is 1. The van der Waals surface area contributed by atoms with E-state index in [0.29, 0.717) is 36.0 Å². The molecule has 7 heteroatoms. The van der Waals surface area contributed by atoms with Gasteiger partial charge in [-0.15, -0.1) is 0 Å². The molecule has 1 aromatic heterocycles. The maximum Gasteiger partial charge on any atom is 0.220 e. The Morgan fingerprint density at radius 2 is 2.19 bits per heavy atom. The van der Waals surface area contributed by atoms with Crippen LogP contribution in [-0.4, -0.2) is 36.6 Å². The van der Waals surface area contributed by atoms with Gasteiger partial charge in [0, 0.05) is 18.5 Å². The first kappa shape index (κ1) is 14.5. The lowest BCUT2D eigenvalue weighted by atomic mass is 9.99. The third-order valence-electron chi connectivity index (χ3n) is 3.78. The second-order valence-corrected chi connectivity index (χ2v) is 7.70. The van der Waals surface area contributed by atoms with Crippen molar-refractivity contribution in [2.45, 2.75) is 31.2 Å². The van der Waals surface area contributed by atoms with Gasteiger partial charge in [-0.25, -0.2) is 12.8 Å². The molecule has 1 aliphatic heterocycles. The minimum Gasteiger partial charge on any atom is -0.356 e. The van der Waals surface area contributed by atoms with E-state index in [1.54, 1.807) is 24.3 Å². The molecule has 1 aromatic carbocycles. The first-order valence-electron chi connectivity index (χ1n) is 6.87. The Morgan fingerprint density at radius 1 is 1.43 bits per heavy atom. The minimum absolute atomic E-state index is 0.0921. The average Bonchev–Trinajstić information content (AvgIpc) is 2.81. The van der Waals surface area contributed by atoms with Crippen LogP contribution in [-0.2, 0) is 15.8 Å². The van der Waals surface area contributed by atoms with Gasteiger partial charge in [0.05, 0.1) is 0 Å². The predicted molar refractivity (Wildman–Crippen MR) is 77.0 cm³/mol. The largest absolute Gasteiger partial charge is 0.356 e. The van der Waals surface area contributed by atoms with Crippen LogP contribution >= 0.6 is 0 Å². The first-order valence-corrected chi connectivity index (χ1v) is 8.48. The molecule has 0 bridgehead atoms. The predicted octanol–water partition coefficient (Wildman–Crippen LogP) is 2.48. The van der Waals surface area contributed by atoms with Crippen LogP contribution in [0.15, 0.2) is 28.8 Å². The van der Waals surface area contributed by atoms with Crippen LogP contribution in [0.4, 0.5) is 4.39 Å². The van der Waals surface area contributed by atoms with Crippen molar-refractivity contribution < 1.29 is 17.3 Å². The fourth-order valence-corrected chi connectivity index (χ4v) is 4.30. The number of piperidine rings is 1. The van der Waals surface area contributed by atoms with Gasteiger partial charge in [0.15, 0.2) is 5.58 Å². The number of hydrogen-bond acceptors (Lipinski definition) is 4. The zero-order chi connectivity index (χ0) is 15.1. The van der Waals surface area contributed by atoms with E-state index in [2.05, 4.69) is 5.16 Å². The monoisotopic (exact) mass is 312 g/mol. The lowest BCUT2D eigenvalue weighted by Crippen LogP contribution is -2.46. The van der Waals surface area contributed by atoms with Gasteiger partial charge in [-0.1, -0.05) is 17.3 Å². The highest BCUT2D eigenvalue weighted by atomic mass is 32.2. The lowest BCUT2D eigenvalue weighted by Gasteiger charge is -2.34. The quantitative estimate of drug-likeness (QED) is 0.873. The highest BCUT2D eigenvalue weighted by molar-refractivity contribution is 7.88. The second kappa shape index (κ2) is 5.06. The highest BCUT2D eigenvalue weighted by Gasteiger charge is 2.36. The van der Waals surface area contributed by atoms with Crippen molar-refractivity contribution in [2.24, 2.45) is 0 Å². The number of halogens is 1. The molecule has 0 amide bonds. The second-order valence-electron chi connectivity index (χ2n) is 5.73. The summed E-state index contributed by atoms with van der Waals surface area (Å²) in [6.45, 7) is 1.71. The molecule has 1 atom stereocenters. The van der Waals surface area contributed by atoms with Gasteiger partial charge in [-0.2, -0.15) is 4.31 Å². The molecule has 0 spiro atoms. The Morgan fingerprint density at radius 3 is 2.95 bits per heavy atom. The summed E-state index contributed by atoms with van der Waals surface area (Å²) < 4.78 is 45.3. The lowest BCUT2D eigenvalue weighted by molar-refractivity contribution is 0.102. The molecule has 0 saturated carbocycles. The van der Waals surface area contributed by atoms with Gasteiger partial charge in [-0.05, 0) is 31.9 Å². The van der Waals surface area contributed by atoms with E-state index in [-0.39, 0.29) is 12.3 Å². The number of alkyl halides is 1. The summed E-state index contributed by atoms with van der Waals surface area (Å²) in [6.07, 6.45) is 0.928. The zero-order valence-corrected chi connectivity index (χ0v) is 12.6. The van der Waals surface area contributed by atoms with E-state index >= 15 is 0 Å². The third kappa shape index (κ3) is 2.94. The standard InChI is InChI=1S/C14H17FN2O3S/c1-14(15)7-4-8-17(10-14)21(18,19)9-12-11-5-2-3-6-13(11)20-16-12/h2-3,5-6H,4,7-10H2,1H3. The van der Waals surface area contributed by atoms with Crippen molar-refractivity contribution in [1.29, 1.82) is 0 Å². The van der Waals surface area contributed by atoms with E-state index in [4.69, 9.17) is 4.52 Å². The van der Waals surface area contributed by atoms with Gasteiger partial charge in [0.1, 0.15) is 17.1 Å². The fraction of sp³-hybridized carbons (Fsp3) is 0.500. The Hall–Kier alpha value is -1.47. The normalized spacial score (nSPS) is 24.5. The maximum absolute atomic E-state index is 14.0. The number of benzene rings is 1. The Bertz CT molecular complexity index is 754. The van der Waals surface area contributed by atoms with Crippen LogP contribution in [0, 0.1) is 0 Å². The van der Waals surface area contributed by atoms with E-state index in [0.717, 1.165) is 0 Å². The Labute approximate surface area is 122 Å². The molecule has 1 fully saturated rings. The van der Waals surface area contributed by atoms with E-state index in [9.17, 15) is 12.8 Å². The van der Waals surface area contributed by atoms with Gasteiger partial charge < -0.3 is 4.52 Å². The third-order valence-corrected chi connectivity index (χ3v) is 5.51. The number of sulfonamides is 1. The zero-order valence-electron chi connectivity index (χ0n) is 11.8. The van der Waals surface area contributed by atoms with Crippen LogP contribution < -0.4 is 0 Å². The Kier molecular flexibility index (Phi) is 3.49. The molecular formula is C14H17FN2O3S. The molecule has 1 saturated heterocycles. The summed E-state index contributed by atoms with van der Waals surface area (Å²) in [7, 11) is -3.60. The molecular weight excluding hydrogens is 295 g/mol. The number of aromatic nitrogens is 1. The van der Waals surface area contributed by atoms with Crippen molar-refractivity contribution in [1.82, 2.24) is 9.46 Å². The molecule has 1 aliphatic rings. The molecule has 2 aromatic rings. The number of rotatable bonds is 3. The van der Waals surface area contributed by atoms with Crippen molar-refractivity contribution >= 4 is 21.0 Å². The Balaban J connectivity index is 1.86. The summed E-state index contributed by atoms with van der Waals surface area (Å²) in [4.78, 5) is 0. The molecule has 0 radical (unpaired) electrons. The van der Waals surface area contributed by atoms with Crippen molar-refractivity contribution in [3.63, 3.8) is 0 Å². The molecule has 3 rings (SSSR count).